The molecule has 0 spiro atoms. The number of hydrogen-bond acceptors (Lipinski definition) is 0. The SMILES string of the molecule is c1ccc(-c2c3c(c(-c4ccccc4)c4c2cc2ccc5cccc6ccc4c2c56)-c2cc4ccc5ccc6ccc7ccc8cc-3c2c2c8c7c6c5c42)cc1. The summed E-state index contributed by atoms with van der Waals surface area (Å²) in [5, 5.41) is 27.0. The maximum atomic E-state index is 2.55. The highest BCUT2D eigenvalue weighted by Gasteiger charge is 2.34. The Morgan fingerprint density at radius 3 is 1.18 bits per heavy atom. The van der Waals surface area contributed by atoms with Crippen molar-refractivity contribution in [2.24, 2.45) is 0 Å². The topological polar surface area (TPSA) is 0 Å². The van der Waals surface area contributed by atoms with Crippen molar-refractivity contribution >= 4 is 108 Å². The van der Waals surface area contributed by atoms with E-state index >= 15 is 0 Å². The third kappa shape index (κ3) is 3.13. The summed E-state index contributed by atoms with van der Waals surface area (Å²) in [5.74, 6) is 0. The van der Waals surface area contributed by atoms with Crippen molar-refractivity contribution in [1.29, 1.82) is 0 Å². The fourth-order valence-corrected chi connectivity index (χ4v) is 11.6. The summed E-state index contributed by atoms with van der Waals surface area (Å²) in [6.07, 6.45) is 0. The van der Waals surface area contributed by atoms with Gasteiger partial charge in [0.05, 0.1) is 0 Å². The minimum Gasteiger partial charge on any atom is -0.0622 e. The van der Waals surface area contributed by atoms with Crippen LogP contribution in [0.4, 0.5) is 0 Å². The van der Waals surface area contributed by atoms with E-state index in [-0.39, 0.29) is 0 Å². The van der Waals surface area contributed by atoms with E-state index in [1.807, 2.05) is 0 Å². The van der Waals surface area contributed by atoms with Crippen LogP contribution in [0.2, 0.25) is 0 Å². The molecule has 14 aromatic carbocycles. The quantitative estimate of drug-likeness (QED) is 0.124. The Labute approximate surface area is 320 Å². The molecule has 0 amide bonds. The molecule has 0 bridgehead atoms. The molecule has 0 N–H and O–H groups in total. The summed E-state index contributed by atoms with van der Waals surface area (Å²) >= 11 is 0. The number of hydrogen-bond donors (Lipinski definition) is 0. The molecular weight excluding hydrogens is 673 g/mol. The summed E-state index contributed by atoms with van der Waals surface area (Å²) < 4.78 is 0. The van der Waals surface area contributed by atoms with Crippen LogP contribution in [-0.4, -0.2) is 0 Å². The van der Waals surface area contributed by atoms with Gasteiger partial charge in [-0.2, -0.15) is 0 Å². The van der Waals surface area contributed by atoms with Crippen LogP contribution in [0, 0.1) is 0 Å². The lowest BCUT2D eigenvalue weighted by Crippen LogP contribution is -1.95. The van der Waals surface area contributed by atoms with Gasteiger partial charge in [-0.3, -0.25) is 0 Å². The van der Waals surface area contributed by atoms with Crippen LogP contribution < -0.4 is 0 Å². The summed E-state index contributed by atoms with van der Waals surface area (Å²) in [4.78, 5) is 0. The first-order valence-corrected chi connectivity index (χ1v) is 19.8. The Kier molecular flexibility index (Phi) is 4.78. The van der Waals surface area contributed by atoms with E-state index in [9.17, 15) is 0 Å². The molecule has 252 valence electrons. The minimum absolute atomic E-state index is 1.26. The van der Waals surface area contributed by atoms with Gasteiger partial charge in [0, 0.05) is 0 Å². The molecule has 0 atom stereocenters. The van der Waals surface area contributed by atoms with Gasteiger partial charge >= 0.3 is 0 Å². The van der Waals surface area contributed by atoms with Gasteiger partial charge in [-0.05, 0) is 170 Å². The summed E-state index contributed by atoms with van der Waals surface area (Å²) in [5.41, 5.74) is 10.6. The second-order valence-corrected chi connectivity index (χ2v) is 16.2. The Morgan fingerprint density at radius 1 is 0.196 bits per heavy atom. The third-order valence-electron chi connectivity index (χ3n) is 13.7. The van der Waals surface area contributed by atoms with Crippen molar-refractivity contribution in [2.45, 2.75) is 0 Å². The molecule has 1 aliphatic rings. The molecule has 15 rings (SSSR count). The first-order chi connectivity index (χ1) is 27.8. The van der Waals surface area contributed by atoms with E-state index in [1.165, 1.54) is 152 Å². The van der Waals surface area contributed by atoms with Crippen LogP contribution in [0.25, 0.3) is 152 Å². The molecule has 0 saturated carbocycles. The molecule has 0 radical (unpaired) electrons. The van der Waals surface area contributed by atoms with Gasteiger partial charge in [0.15, 0.2) is 0 Å². The van der Waals surface area contributed by atoms with Gasteiger partial charge in [0.2, 0.25) is 0 Å². The third-order valence-corrected chi connectivity index (χ3v) is 13.7. The normalized spacial score (nSPS) is 13.0. The van der Waals surface area contributed by atoms with Crippen LogP contribution in [0.15, 0.2) is 170 Å². The van der Waals surface area contributed by atoms with Gasteiger partial charge in [-0.15, -0.1) is 0 Å². The largest absolute Gasteiger partial charge is 0.0622 e. The van der Waals surface area contributed by atoms with Crippen molar-refractivity contribution in [3.63, 3.8) is 0 Å². The van der Waals surface area contributed by atoms with E-state index in [4.69, 9.17) is 0 Å². The van der Waals surface area contributed by atoms with Crippen molar-refractivity contribution < 1.29 is 0 Å². The van der Waals surface area contributed by atoms with Crippen LogP contribution in [0.3, 0.4) is 0 Å². The molecule has 0 saturated heterocycles. The first kappa shape index (κ1) is 28.2. The number of fused-ring (bicyclic) bond motifs is 5. The first-order valence-electron chi connectivity index (χ1n) is 19.8. The van der Waals surface area contributed by atoms with Crippen LogP contribution >= 0.6 is 0 Å². The maximum Gasteiger partial charge on any atom is -0.000136 e. The highest BCUT2D eigenvalue weighted by atomic mass is 14.4. The molecule has 14 aromatic rings. The summed E-state index contributed by atoms with van der Waals surface area (Å²) in [6.45, 7) is 0. The Balaban J connectivity index is 1.27. The van der Waals surface area contributed by atoms with Gasteiger partial charge < -0.3 is 0 Å². The number of benzene rings is 14. The maximum absolute atomic E-state index is 2.55. The minimum atomic E-state index is 1.26. The zero-order valence-corrected chi connectivity index (χ0v) is 30.2. The van der Waals surface area contributed by atoms with E-state index in [1.54, 1.807) is 0 Å². The predicted molar refractivity (Wildman–Crippen MR) is 242 cm³/mol. The van der Waals surface area contributed by atoms with E-state index in [0.717, 1.165) is 0 Å². The molecule has 0 unspecified atom stereocenters. The zero-order chi connectivity index (χ0) is 36.0. The molecule has 56 heavy (non-hydrogen) atoms. The molecular formula is C56H28. The monoisotopic (exact) mass is 700 g/mol. The van der Waals surface area contributed by atoms with Crippen molar-refractivity contribution in [2.75, 3.05) is 0 Å². The standard InChI is InChI=1S/C56H28/c1-3-8-29(9-4-1)44-40-26-36-21-18-31-12-7-13-32-24-25-39(45(36)43(31)32)52(40)49(30-10-5-2-6-11-30)55-42-28-38-23-20-35-17-15-33-14-16-34-19-22-37-27-41(54(44)55)53(42)56-50(37)47(34)46(33)48(35)51(38)56/h1-28H. The van der Waals surface area contributed by atoms with Gasteiger partial charge in [0.1, 0.15) is 0 Å². The smallest absolute Gasteiger partial charge is 0.000136 e. The average Bonchev–Trinajstić information content (AvgIpc) is 3.57. The molecule has 0 nitrogen and oxygen atoms in total. The lowest BCUT2D eigenvalue weighted by molar-refractivity contribution is 1.63. The van der Waals surface area contributed by atoms with Gasteiger partial charge in [0.25, 0.3) is 0 Å². The molecule has 0 heteroatoms. The second kappa shape index (κ2) is 9.50. The second-order valence-electron chi connectivity index (χ2n) is 16.2. The molecule has 1 aliphatic carbocycles. The van der Waals surface area contributed by atoms with Crippen molar-refractivity contribution in [3.8, 4) is 44.5 Å². The number of rotatable bonds is 2. The van der Waals surface area contributed by atoms with E-state index < -0.39 is 0 Å². The summed E-state index contributed by atoms with van der Waals surface area (Å²) in [7, 11) is 0. The Morgan fingerprint density at radius 2 is 0.625 bits per heavy atom. The molecule has 0 heterocycles. The predicted octanol–water partition coefficient (Wildman–Crippen LogP) is 16.0. The van der Waals surface area contributed by atoms with Crippen LogP contribution in [0.1, 0.15) is 0 Å². The van der Waals surface area contributed by atoms with Gasteiger partial charge in [-0.1, -0.05) is 152 Å². The van der Waals surface area contributed by atoms with Crippen molar-refractivity contribution in [1.82, 2.24) is 0 Å². The lowest BCUT2D eigenvalue weighted by Gasteiger charge is -2.23. The van der Waals surface area contributed by atoms with E-state index in [0.29, 0.717) is 0 Å². The fourth-order valence-electron chi connectivity index (χ4n) is 11.6. The highest BCUT2D eigenvalue weighted by molar-refractivity contribution is 6.48. The Hall–Kier alpha value is -7.28. The van der Waals surface area contributed by atoms with Gasteiger partial charge in [-0.25, -0.2) is 0 Å². The molecule has 0 aliphatic heterocycles. The lowest BCUT2D eigenvalue weighted by atomic mass is 9.79. The van der Waals surface area contributed by atoms with E-state index in [2.05, 4.69) is 170 Å². The molecule has 0 aromatic heterocycles. The Bertz CT molecular complexity index is 3940. The highest BCUT2D eigenvalue weighted by Crippen LogP contribution is 2.62. The summed E-state index contributed by atoms with van der Waals surface area (Å²) in [6, 6.07) is 65.0. The molecule has 0 fully saturated rings. The zero-order valence-electron chi connectivity index (χ0n) is 30.2. The fraction of sp³-hybridized carbons (Fsp3) is 0. The van der Waals surface area contributed by atoms with Crippen LogP contribution in [-0.2, 0) is 0 Å². The van der Waals surface area contributed by atoms with Crippen molar-refractivity contribution in [3.05, 3.63) is 170 Å². The average molecular weight is 701 g/mol. The van der Waals surface area contributed by atoms with Crippen LogP contribution in [0.5, 0.6) is 0 Å².